The zero-order valence-electron chi connectivity index (χ0n) is 17.5. The van der Waals surface area contributed by atoms with Crippen molar-refractivity contribution in [2.24, 2.45) is 0 Å². The van der Waals surface area contributed by atoms with E-state index < -0.39 is 17.5 Å². The van der Waals surface area contributed by atoms with Crippen molar-refractivity contribution < 1.29 is 88.4 Å². The molecule has 0 unspecified atom stereocenters. The first-order valence-electron chi connectivity index (χ1n) is 9.07. The molecule has 8 heteroatoms. The third-order valence-electron chi connectivity index (χ3n) is 4.67. The van der Waals surface area contributed by atoms with Crippen LogP contribution >= 0.6 is 0 Å². The number of methoxy groups -OCH3 is 1. The molecule has 0 N–H and O–H groups in total. The first kappa shape index (κ1) is 26.8. The summed E-state index contributed by atoms with van der Waals surface area (Å²) in [7, 11) is 1.22. The van der Waals surface area contributed by atoms with Crippen molar-refractivity contribution in [2.75, 3.05) is 7.11 Å². The number of benzene rings is 2. The summed E-state index contributed by atoms with van der Waals surface area (Å²) in [5.41, 5.74) is 0.343. The predicted octanol–water partition coefficient (Wildman–Crippen LogP) is -3.42. The standard InChI is InChI=1S/C22H22O6.2Na/c1-27-21(25)11-7-14-12-15(6-10-19(14)23)22(26)18-9-8-17(13-20(18)24)28-16-4-2-3-5-16;;/h6-13,16,23-24H,2-5H2,1H3;;/q;2*+1/p-2/b11-7+;;. The molecule has 0 aliphatic heterocycles. The van der Waals surface area contributed by atoms with Gasteiger partial charge in [0.1, 0.15) is 5.75 Å². The Bertz CT molecular complexity index is 920. The zero-order valence-corrected chi connectivity index (χ0v) is 21.5. The van der Waals surface area contributed by atoms with Gasteiger partial charge in [-0.2, -0.15) is 0 Å². The molecule has 0 amide bonds. The van der Waals surface area contributed by atoms with Gasteiger partial charge in [0, 0.05) is 17.2 Å². The van der Waals surface area contributed by atoms with Gasteiger partial charge in [-0.25, -0.2) is 4.79 Å². The molecule has 0 radical (unpaired) electrons. The maximum atomic E-state index is 12.7. The summed E-state index contributed by atoms with van der Waals surface area (Å²) in [5, 5.41) is 24.3. The number of carbonyl (C=O) groups excluding carboxylic acids is 2. The van der Waals surface area contributed by atoms with Crippen molar-refractivity contribution in [1.29, 1.82) is 0 Å². The van der Waals surface area contributed by atoms with Gasteiger partial charge in [0.15, 0.2) is 5.78 Å². The minimum Gasteiger partial charge on any atom is -0.872 e. The van der Waals surface area contributed by atoms with Gasteiger partial charge in [-0.05, 0) is 61.6 Å². The number of rotatable bonds is 6. The van der Waals surface area contributed by atoms with Crippen LogP contribution in [0.1, 0.15) is 47.2 Å². The Morgan fingerprint density at radius 1 is 1.00 bits per heavy atom. The monoisotopic (exact) mass is 426 g/mol. The van der Waals surface area contributed by atoms with Crippen LogP contribution in [-0.2, 0) is 9.53 Å². The van der Waals surface area contributed by atoms with Gasteiger partial charge in [0.05, 0.1) is 13.2 Å². The Balaban J connectivity index is 0.00000225. The molecule has 3 rings (SSSR count). The summed E-state index contributed by atoms with van der Waals surface area (Å²) in [4.78, 5) is 23.9. The van der Waals surface area contributed by atoms with E-state index in [1.165, 1.54) is 43.5 Å². The second-order valence-electron chi connectivity index (χ2n) is 6.62. The van der Waals surface area contributed by atoms with E-state index in [1.54, 1.807) is 6.07 Å². The quantitative estimate of drug-likeness (QED) is 0.207. The fourth-order valence-corrected chi connectivity index (χ4v) is 3.16. The summed E-state index contributed by atoms with van der Waals surface area (Å²) in [6, 6.07) is 8.34. The topological polar surface area (TPSA) is 98.7 Å². The Morgan fingerprint density at radius 2 is 1.70 bits per heavy atom. The summed E-state index contributed by atoms with van der Waals surface area (Å²) in [6.07, 6.45) is 6.67. The van der Waals surface area contributed by atoms with Crippen molar-refractivity contribution in [2.45, 2.75) is 31.8 Å². The molecule has 0 bridgehead atoms. The number of ketones is 1. The van der Waals surface area contributed by atoms with Crippen LogP contribution in [0.4, 0.5) is 0 Å². The average molecular weight is 426 g/mol. The van der Waals surface area contributed by atoms with E-state index in [1.807, 2.05) is 0 Å². The van der Waals surface area contributed by atoms with Crippen LogP contribution in [-0.4, -0.2) is 25.0 Å². The fourth-order valence-electron chi connectivity index (χ4n) is 3.16. The molecule has 2 aromatic carbocycles. The molecule has 0 spiro atoms. The number of ether oxygens (including phenoxy) is 2. The van der Waals surface area contributed by atoms with Crippen LogP contribution in [0, 0.1) is 0 Å². The zero-order chi connectivity index (χ0) is 20.1. The maximum absolute atomic E-state index is 12.7. The van der Waals surface area contributed by atoms with Gasteiger partial charge >= 0.3 is 65.1 Å². The summed E-state index contributed by atoms with van der Waals surface area (Å²) in [6.45, 7) is 0. The van der Waals surface area contributed by atoms with E-state index in [9.17, 15) is 19.8 Å². The summed E-state index contributed by atoms with van der Waals surface area (Å²) >= 11 is 0. The van der Waals surface area contributed by atoms with Crippen LogP contribution < -0.4 is 74.1 Å². The van der Waals surface area contributed by atoms with Crippen LogP contribution in [0.25, 0.3) is 6.08 Å². The third kappa shape index (κ3) is 6.87. The Hall–Kier alpha value is -1.28. The maximum Gasteiger partial charge on any atom is 1.00 e. The SMILES string of the molecule is COC(=O)/C=C/c1cc(C(=O)c2ccc(OC3CCCC3)cc2[O-])ccc1[O-].[Na+].[Na+]. The number of hydrogen-bond acceptors (Lipinski definition) is 6. The molecule has 1 fully saturated rings. The van der Waals surface area contributed by atoms with Crippen molar-refractivity contribution in [3.05, 3.63) is 59.2 Å². The smallest absolute Gasteiger partial charge is 0.872 e. The van der Waals surface area contributed by atoms with Crippen LogP contribution in [0.3, 0.4) is 0 Å². The van der Waals surface area contributed by atoms with E-state index in [0.29, 0.717) is 5.75 Å². The average Bonchev–Trinajstić information content (AvgIpc) is 3.19. The van der Waals surface area contributed by atoms with Gasteiger partial charge in [0.25, 0.3) is 0 Å². The van der Waals surface area contributed by atoms with Gasteiger partial charge in [-0.3, -0.25) is 4.79 Å². The molecule has 0 heterocycles. The predicted molar refractivity (Wildman–Crippen MR) is 99.1 cm³/mol. The third-order valence-corrected chi connectivity index (χ3v) is 4.67. The van der Waals surface area contributed by atoms with Crippen LogP contribution in [0.15, 0.2) is 42.5 Å². The van der Waals surface area contributed by atoms with Crippen molar-refractivity contribution in [3.63, 3.8) is 0 Å². The van der Waals surface area contributed by atoms with Gasteiger partial charge in [-0.1, -0.05) is 17.9 Å². The van der Waals surface area contributed by atoms with Crippen molar-refractivity contribution >= 4 is 17.8 Å². The van der Waals surface area contributed by atoms with E-state index in [0.717, 1.165) is 31.8 Å². The second kappa shape index (κ2) is 12.5. The fraction of sp³-hybridized carbons (Fsp3) is 0.273. The first-order chi connectivity index (χ1) is 13.5. The minimum atomic E-state index is -0.615. The Kier molecular flexibility index (Phi) is 11.2. The molecule has 30 heavy (non-hydrogen) atoms. The molecule has 2 aromatic rings. The first-order valence-corrected chi connectivity index (χ1v) is 9.07. The number of carbonyl (C=O) groups is 2. The van der Waals surface area contributed by atoms with E-state index in [2.05, 4.69) is 4.74 Å². The molecule has 1 aliphatic carbocycles. The summed E-state index contributed by atoms with van der Waals surface area (Å²) in [5.74, 6) is -1.43. The van der Waals surface area contributed by atoms with Crippen LogP contribution in [0.5, 0.6) is 17.2 Å². The molecular weight excluding hydrogens is 406 g/mol. The Labute approximate surface area is 219 Å². The molecule has 0 atom stereocenters. The van der Waals surface area contributed by atoms with Crippen LogP contribution in [0.2, 0.25) is 0 Å². The van der Waals surface area contributed by atoms with E-state index >= 15 is 0 Å². The van der Waals surface area contributed by atoms with Gasteiger partial charge < -0.3 is 19.7 Å². The largest absolute Gasteiger partial charge is 1.00 e. The number of hydrogen-bond donors (Lipinski definition) is 0. The molecule has 0 saturated heterocycles. The normalized spacial score (nSPS) is 13.4. The second-order valence-corrected chi connectivity index (χ2v) is 6.62. The number of esters is 1. The van der Waals surface area contributed by atoms with E-state index in [-0.39, 0.29) is 87.7 Å². The summed E-state index contributed by atoms with van der Waals surface area (Å²) < 4.78 is 10.3. The molecule has 6 nitrogen and oxygen atoms in total. The van der Waals surface area contributed by atoms with E-state index in [4.69, 9.17) is 4.74 Å². The molecule has 146 valence electrons. The van der Waals surface area contributed by atoms with Crippen molar-refractivity contribution in [1.82, 2.24) is 0 Å². The minimum absolute atomic E-state index is 0. The molecule has 1 aliphatic rings. The Morgan fingerprint density at radius 3 is 2.33 bits per heavy atom. The molecule has 0 aromatic heterocycles. The molecular formula is C22H20Na2O6. The van der Waals surface area contributed by atoms with Crippen molar-refractivity contribution in [3.8, 4) is 17.2 Å². The van der Waals surface area contributed by atoms with Gasteiger partial charge in [0.2, 0.25) is 0 Å². The molecule has 1 saturated carbocycles. The van der Waals surface area contributed by atoms with Gasteiger partial charge in [-0.15, -0.1) is 5.75 Å².